The Labute approximate surface area is 238 Å². The summed E-state index contributed by atoms with van der Waals surface area (Å²) in [7, 11) is 0. The van der Waals surface area contributed by atoms with Crippen molar-refractivity contribution in [3.63, 3.8) is 0 Å². The van der Waals surface area contributed by atoms with Gasteiger partial charge in [-0.25, -0.2) is 10.4 Å². The fourth-order valence-electron chi connectivity index (χ4n) is 4.04. The number of aliphatic hydroxyl groups is 1. The Balaban J connectivity index is 2.03. The highest BCUT2D eigenvalue weighted by Gasteiger charge is 2.54. The van der Waals surface area contributed by atoms with Gasteiger partial charge in [0, 0.05) is 41.1 Å². The largest absolute Gasteiger partial charge is 0.494 e. The molecular formula is C29H38BrN3O6. The number of carbonyl (C=O) groups is 2. The summed E-state index contributed by atoms with van der Waals surface area (Å²) in [5, 5.41) is 8.98. The summed E-state index contributed by atoms with van der Waals surface area (Å²) in [4.78, 5) is 31.5. The molecular weight excluding hydrogens is 566 g/mol. The van der Waals surface area contributed by atoms with Crippen LogP contribution in [0.25, 0.3) is 0 Å². The molecule has 39 heavy (non-hydrogen) atoms. The van der Waals surface area contributed by atoms with Crippen molar-refractivity contribution in [2.75, 3.05) is 13.2 Å². The average Bonchev–Trinajstić information content (AvgIpc) is 3.26. The van der Waals surface area contributed by atoms with Gasteiger partial charge in [-0.1, -0.05) is 34.1 Å². The number of ether oxygens (including phenoxy) is 3. The van der Waals surface area contributed by atoms with E-state index in [1.807, 2.05) is 38.1 Å². The van der Waals surface area contributed by atoms with Crippen LogP contribution in [0.15, 0.2) is 58.0 Å². The number of aliphatic hydroxyl groups excluding tert-OH is 1. The number of nitrogens with one attached hydrogen (secondary N) is 2. The van der Waals surface area contributed by atoms with Crippen molar-refractivity contribution in [2.24, 2.45) is 4.99 Å². The van der Waals surface area contributed by atoms with Crippen LogP contribution in [-0.2, 0) is 19.1 Å². The van der Waals surface area contributed by atoms with E-state index >= 15 is 0 Å². The summed E-state index contributed by atoms with van der Waals surface area (Å²) in [6.07, 6.45) is -0.263. The number of hydrazine groups is 1. The number of nitrogens with zero attached hydrogens (tertiary/aromatic N) is 1. The van der Waals surface area contributed by atoms with Crippen molar-refractivity contribution in [3.8, 4) is 5.75 Å². The number of carbonyl (C=O) groups excluding carboxylic acids is 2. The van der Waals surface area contributed by atoms with Crippen LogP contribution in [-0.4, -0.2) is 53.3 Å². The number of halogens is 1. The molecule has 0 aromatic heterocycles. The molecule has 1 aliphatic rings. The van der Waals surface area contributed by atoms with Crippen molar-refractivity contribution in [1.82, 2.24) is 10.9 Å². The van der Waals surface area contributed by atoms with Crippen LogP contribution in [0.3, 0.4) is 0 Å². The van der Waals surface area contributed by atoms with Gasteiger partial charge >= 0.3 is 5.97 Å². The summed E-state index contributed by atoms with van der Waals surface area (Å²) < 4.78 is 18.4. The molecule has 0 saturated heterocycles. The van der Waals surface area contributed by atoms with Gasteiger partial charge in [-0.2, -0.15) is 0 Å². The third-order valence-corrected chi connectivity index (χ3v) is 6.54. The number of aliphatic imine (C=N–C) groups is 1. The molecule has 2 aromatic carbocycles. The zero-order valence-corrected chi connectivity index (χ0v) is 24.7. The standard InChI is InChI=1S/C29H38BrN3O6/c1-19(2)32-33-27(36)29(16-15-24(35)39-28(3,4)5)25(22-9-6-7-10-23(22)30)38-26(31-29)20-11-13-21(14-12-20)37-18-8-17-34/h6-7,9-14,19,25,32,34H,8,15-18H2,1-5H3,(H,33,36)/t25-,29-/m0/s1. The fourth-order valence-corrected chi connectivity index (χ4v) is 4.53. The van der Waals surface area contributed by atoms with Crippen molar-refractivity contribution in [2.45, 2.75) is 77.2 Å². The Morgan fingerprint density at radius 2 is 1.85 bits per heavy atom. The highest BCUT2D eigenvalue weighted by Crippen LogP contribution is 2.45. The Morgan fingerprint density at radius 3 is 2.46 bits per heavy atom. The molecule has 1 amide bonds. The van der Waals surface area contributed by atoms with E-state index in [-0.39, 0.29) is 31.4 Å². The van der Waals surface area contributed by atoms with Crippen molar-refractivity contribution in [3.05, 3.63) is 64.1 Å². The number of rotatable bonds is 12. The first kappa shape index (κ1) is 30.6. The van der Waals surface area contributed by atoms with Crippen LogP contribution in [0.1, 0.15) is 71.1 Å². The molecule has 0 bridgehead atoms. The van der Waals surface area contributed by atoms with Gasteiger partial charge in [0.2, 0.25) is 5.90 Å². The molecule has 0 unspecified atom stereocenters. The second-order valence-electron chi connectivity index (χ2n) is 10.7. The second kappa shape index (κ2) is 13.4. The summed E-state index contributed by atoms with van der Waals surface area (Å²) >= 11 is 3.60. The molecule has 2 aromatic rings. The van der Waals surface area contributed by atoms with Gasteiger partial charge in [-0.05, 0) is 71.4 Å². The lowest BCUT2D eigenvalue weighted by Gasteiger charge is -2.31. The van der Waals surface area contributed by atoms with Gasteiger partial charge in [0.15, 0.2) is 11.6 Å². The topological polar surface area (TPSA) is 118 Å². The molecule has 3 N–H and O–H groups in total. The molecule has 0 aliphatic carbocycles. The normalized spacial score (nSPS) is 18.9. The van der Waals surface area contributed by atoms with Crippen LogP contribution in [0.4, 0.5) is 0 Å². The van der Waals surface area contributed by atoms with Gasteiger partial charge < -0.3 is 19.3 Å². The minimum Gasteiger partial charge on any atom is -0.494 e. The third-order valence-electron chi connectivity index (χ3n) is 5.82. The molecule has 3 rings (SSSR count). The molecule has 1 aliphatic heterocycles. The zero-order chi connectivity index (χ0) is 28.6. The van der Waals surface area contributed by atoms with Gasteiger partial charge in [0.05, 0.1) is 6.61 Å². The summed E-state index contributed by atoms with van der Waals surface area (Å²) in [5.74, 6) is 0.0784. The number of hydrogen-bond acceptors (Lipinski definition) is 8. The highest BCUT2D eigenvalue weighted by atomic mass is 79.9. The summed E-state index contributed by atoms with van der Waals surface area (Å²) in [5.41, 5.74) is 5.00. The molecule has 0 radical (unpaired) electrons. The maximum Gasteiger partial charge on any atom is 0.306 e. The molecule has 1 heterocycles. The highest BCUT2D eigenvalue weighted by molar-refractivity contribution is 9.10. The first-order valence-corrected chi connectivity index (χ1v) is 13.9. The molecule has 0 fully saturated rings. The van der Waals surface area contributed by atoms with Crippen LogP contribution < -0.4 is 15.6 Å². The Kier molecular flexibility index (Phi) is 10.5. The second-order valence-corrected chi connectivity index (χ2v) is 11.5. The van der Waals surface area contributed by atoms with E-state index in [0.717, 1.165) is 10.0 Å². The van der Waals surface area contributed by atoms with Gasteiger partial charge in [0.1, 0.15) is 11.4 Å². The van der Waals surface area contributed by atoms with Gasteiger partial charge in [-0.3, -0.25) is 15.0 Å². The number of amides is 1. The van der Waals surface area contributed by atoms with Crippen LogP contribution in [0, 0.1) is 0 Å². The van der Waals surface area contributed by atoms with E-state index in [4.69, 9.17) is 24.3 Å². The Hall–Kier alpha value is -2.95. The van der Waals surface area contributed by atoms with Crippen LogP contribution >= 0.6 is 15.9 Å². The summed E-state index contributed by atoms with van der Waals surface area (Å²) in [6, 6.07) is 14.6. The predicted molar refractivity (Wildman–Crippen MR) is 152 cm³/mol. The number of esters is 1. The van der Waals surface area contributed by atoms with Crippen LogP contribution in [0.2, 0.25) is 0 Å². The molecule has 10 heteroatoms. The zero-order valence-electron chi connectivity index (χ0n) is 23.1. The van der Waals surface area contributed by atoms with E-state index in [2.05, 4.69) is 26.8 Å². The van der Waals surface area contributed by atoms with Crippen molar-refractivity contribution in [1.29, 1.82) is 0 Å². The van der Waals surface area contributed by atoms with Gasteiger partial charge in [0.25, 0.3) is 5.91 Å². The lowest BCUT2D eigenvalue weighted by atomic mass is 9.83. The first-order valence-electron chi connectivity index (χ1n) is 13.1. The minimum absolute atomic E-state index is 0.0251. The molecule has 2 atom stereocenters. The summed E-state index contributed by atoms with van der Waals surface area (Å²) in [6.45, 7) is 9.67. The Morgan fingerprint density at radius 1 is 1.15 bits per heavy atom. The number of benzene rings is 2. The lowest BCUT2D eigenvalue weighted by molar-refractivity contribution is -0.155. The lowest BCUT2D eigenvalue weighted by Crippen LogP contribution is -2.54. The number of hydrogen-bond donors (Lipinski definition) is 3. The monoisotopic (exact) mass is 603 g/mol. The maximum atomic E-state index is 13.9. The quantitative estimate of drug-likeness (QED) is 0.184. The van der Waals surface area contributed by atoms with E-state index in [1.165, 1.54) is 0 Å². The van der Waals surface area contributed by atoms with E-state index in [9.17, 15) is 9.59 Å². The molecule has 0 spiro atoms. The average molecular weight is 605 g/mol. The minimum atomic E-state index is -1.46. The van der Waals surface area contributed by atoms with Gasteiger partial charge in [-0.15, -0.1) is 0 Å². The molecule has 212 valence electrons. The van der Waals surface area contributed by atoms with Crippen molar-refractivity contribution >= 4 is 33.7 Å². The van der Waals surface area contributed by atoms with Crippen LogP contribution in [0.5, 0.6) is 5.75 Å². The first-order chi connectivity index (χ1) is 18.4. The maximum absolute atomic E-state index is 13.9. The van der Waals surface area contributed by atoms with E-state index < -0.39 is 29.1 Å². The predicted octanol–water partition coefficient (Wildman–Crippen LogP) is 4.62. The molecule has 9 nitrogen and oxygen atoms in total. The SMILES string of the molecule is CC(C)NNC(=O)[C@@]1(CCC(=O)OC(C)(C)C)N=C(c2ccc(OCCCO)cc2)O[C@H]1c1ccccc1Br. The fraction of sp³-hybridized carbons (Fsp3) is 0.483. The van der Waals surface area contributed by atoms with E-state index in [0.29, 0.717) is 24.3 Å². The van der Waals surface area contributed by atoms with Crippen molar-refractivity contribution < 1.29 is 28.9 Å². The Bertz CT molecular complexity index is 1160. The molecule has 0 saturated carbocycles. The smallest absolute Gasteiger partial charge is 0.306 e. The van der Waals surface area contributed by atoms with E-state index in [1.54, 1.807) is 45.0 Å². The third kappa shape index (κ3) is 8.27.